The van der Waals surface area contributed by atoms with Gasteiger partial charge in [0, 0.05) is 6.54 Å². The lowest BCUT2D eigenvalue weighted by atomic mass is 9.85. The fraction of sp³-hybridized carbons (Fsp3) is 0.917. The van der Waals surface area contributed by atoms with Crippen molar-refractivity contribution in [2.75, 3.05) is 13.1 Å². The quantitative estimate of drug-likeness (QED) is 0.737. The van der Waals surface area contributed by atoms with Crippen molar-refractivity contribution in [1.29, 1.82) is 0 Å². The smallest absolute Gasteiger partial charge is 0.240 e. The summed E-state index contributed by atoms with van der Waals surface area (Å²) in [4.78, 5) is 12.1. The predicted octanol–water partition coefficient (Wildman–Crippen LogP) is 1.43. The summed E-state index contributed by atoms with van der Waals surface area (Å²) >= 11 is 0. The first kappa shape index (κ1) is 10.9. The lowest BCUT2D eigenvalue weighted by molar-refractivity contribution is -0.127. The average molecular weight is 210 g/mol. The molecule has 0 bridgehead atoms. The normalized spacial score (nSPS) is 31.3. The molecule has 1 unspecified atom stereocenters. The molecule has 2 fully saturated rings. The van der Waals surface area contributed by atoms with Crippen molar-refractivity contribution < 1.29 is 4.79 Å². The van der Waals surface area contributed by atoms with Gasteiger partial charge in [0.05, 0.1) is 5.54 Å². The highest BCUT2D eigenvalue weighted by atomic mass is 16.2. The fourth-order valence-corrected chi connectivity index (χ4v) is 2.57. The van der Waals surface area contributed by atoms with Gasteiger partial charge in [0.15, 0.2) is 0 Å². The first-order valence-electron chi connectivity index (χ1n) is 6.30. The Labute approximate surface area is 92.0 Å². The van der Waals surface area contributed by atoms with E-state index in [9.17, 15) is 4.79 Å². The number of carbonyl (C=O) groups excluding carboxylic acids is 1. The topological polar surface area (TPSA) is 41.1 Å². The van der Waals surface area contributed by atoms with Crippen LogP contribution in [0.3, 0.4) is 0 Å². The molecule has 1 saturated heterocycles. The van der Waals surface area contributed by atoms with E-state index in [1.165, 1.54) is 19.3 Å². The first-order chi connectivity index (χ1) is 7.27. The van der Waals surface area contributed by atoms with Gasteiger partial charge in [0.1, 0.15) is 0 Å². The Kier molecular flexibility index (Phi) is 3.29. The van der Waals surface area contributed by atoms with Crippen LogP contribution in [0.25, 0.3) is 0 Å². The van der Waals surface area contributed by atoms with E-state index >= 15 is 0 Å². The highest BCUT2D eigenvalue weighted by Crippen LogP contribution is 2.26. The second kappa shape index (κ2) is 4.52. The Bertz CT molecular complexity index is 230. The lowest BCUT2D eigenvalue weighted by Crippen LogP contribution is -2.54. The van der Waals surface area contributed by atoms with Crippen LogP contribution in [-0.4, -0.2) is 24.5 Å². The van der Waals surface area contributed by atoms with Gasteiger partial charge in [-0.15, -0.1) is 0 Å². The molecule has 1 heterocycles. The van der Waals surface area contributed by atoms with Gasteiger partial charge in [-0.3, -0.25) is 4.79 Å². The molecule has 0 aromatic heterocycles. The van der Waals surface area contributed by atoms with E-state index in [1.54, 1.807) is 0 Å². The molecule has 86 valence electrons. The minimum absolute atomic E-state index is 0.231. The summed E-state index contributed by atoms with van der Waals surface area (Å²) in [6.45, 7) is 3.98. The summed E-state index contributed by atoms with van der Waals surface area (Å²) < 4.78 is 0. The van der Waals surface area contributed by atoms with Gasteiger partial charge < -0.3 is 10.6 Å². The predicted molar refractivity (Wildman–Crippen MR) is 60.6 cm³/mol. The molecule has 1 aliphatic carbocycles. The van der Waals surface area contributed by atoms with Crippen LogP contribution in [0, 0.1) is 5.92 Å². The molecule has 15 heavy (non-hydrogen) atoms. The van der Waals surface area contributed by atoms with Crippen molar-refractivity contribution in [2.45, 2.75) is 51.0 Å². The number of carbonyl (C=O) groups is 1. The van der Waals surface area contributed by atoms with Crippen molar-refractivity contribution in [2.24, 2.45) is 5.92 Å². The molecular weight excluding hydrogens is 188 g/mol. The van der Waals surface area contributed by atoms with E-state index in [-0.39, 0.29) is 11.4 Å². The maximum Gasteiger partial charge on any atom is 0.240 e. The van der Waals surface area contributed by atoms with E-state index in [0.717, 1.165) is 38.3 Å². The van der Waals surface area contributed by atoms with Gasteiger partial charge in [0.2, 0.25) is 5.91 Å². The van der Waals surface area contributed by atoms with Gasteiger partial charge >= 0.3 is 0 Å². The number of nitrogens with one attached hydrogen (secondary N) is 2. The Morgan fingerprint density at radius 1 is 1.47 bits per heavy atom. The summed E-state index contributed by atoms with van der Waals surface area (Å²) in [5.74, 6) is 0.985. The van der Waals surface area contributed by atoms with Crippen LogP contribution < -0.4 is 10.6 Å². The summed E-state index contributed by atoms with van der Waals surface area (Å²) in [6, 6.07) is 0. The third-order valence-corrected chi connectivity index (χ3v) is 4.06. The molecule has 1 saturated carbocycles. The standard InChI is InChI=1S/C12H22N2O/c1-2-12(7-4-8-14-12)11(15)13-9-10-5-3-6-10/h10,14H,2-9H2,1H3,(H,13,15). The molecule has 0 radical (unpaired) electrons. The van der Waals surface area contributed by atoms with E-state index < -0.39 is 0 Å². The first-order valence-corrected chi connectivity index (χ1v) is 6.30. The Morgan fingerprint density at radius 3 is 2.73 bits per heavy atom. The minimum Gasteiger partial charge on any atom is -0.354 e. The van der Waals surface area contributed by atoms with Gasteiger partial charge in [0.25, 0.3) is 0 Å². The Balaban J connectivity index is 1.81. The van der Waals surface area contributed by atoms with Gasteiger partial charge in [-0.2, -0.15) is 0 Å². The third kappa shape index (κ3) is 2.17. The average Bonchev–Trinajstić information content (AvgIpc) is 2.64. The third-order valence-electron chi connectivity index (χ3n) is 4.06. The zero-order valence-corrected chi connectivity index (χ0v) is 9.64. The minimum atomic E-state index is -0.246. The largest absolute Gasteiger partial charge is 0.354 e. The van der Waals surface area contributed by atoms with Crippen molar-refractivity contribution in [3.05, 3.63) is 0 Å². The number of rotatable bonds is 4. The molecule has 1 atom stereocenters. The van der Waals surface area contributed by atoms with Gasteiger partial charge in [-0.05, 0) is 44.6 Å². The van der Waals surface area contributed by atoms with Gasteiger partial charge in [-0.1, -0.05) is 13.3 Å². The zero-order chi connectivity index (χ0) is 10.7. The summed E-state index contributed by atoms with van der Waals surface area (Å²) in [7, 11) is 0. The number of amides is 1. The molecule has 3 heteroatoms. The highest BCUT2D eigenvalue weighted by molar-refractivity contribution is 5.86. The van der Waals surface area contributed by atoms with E-state index in [2.05, 4.69) is 17.6 Å². The summed E-state index contributed by atoms with van der Waals surface area (Å²) in [5, 5.41) is 6.48. The molecule has 0 spiro atoms. The Morgan fingerprint density at radius 2 is 2.27 bits per heavy atom. The maximum atomic E-state index is 12.1. The van der Waals surface area contributed by atoms with Crippen LogP contribution in [0.5, 0.6) is 0 Å². The van der Waals surface area contributed by atoms with Crippen LogP contribution in [0.1, 0.15) is 45.4 Å². The molecule has 1 amide bonds. The zero-order valence-electron chi connectivity index (χ0n) is 9.64. The van der Waals surface area contributed by atoms with Crippen molar-refractivity contribution in [1.82, 2.24) is 10.6 Å². The molecule has 2 N–H and O–H groups in total. The molecular formula is C12H22N2O. The van der Waals surface area contributed by atoms with Crippen LogP contribution >= 0.6 is 0 Å². The second-order valence-electron chi connectivity index (χ2n) is 4.97. The molecule has 3 nitrogen and oxygen atoms in total. The summed E-state index contributed by atoms with van der Waals surface area (Å²) in [5.41, 5.74) is -0.246. The van der Waals surface area contributed by atoms with Crippen LogP contribution in [0.2, 0.25) is 0 Å². The highest BCUT2D eigenvalue weighted by Gasteiger charge is 2.39. The molecule has 2 rings (SSSR count). The second-order valence-corrected chi connectivity index (χ2v) is 4.97. The fourth-order valence-electron chi connectivity index (χ4n) is 2.57. The monoisotopic (exact) mass is 210 g/mol. The molecule has 2 aliphatic rings. The van der Waals surface area contributed by atoms with E-state index in [4.69, 9.17) is 0 Å². The maximum absolute atomic E-state index is 12.1. The van der Waals surface area contributed by atoms with Crippen molar-refractivity contribution in [3.8, 4) is 0 Å². The van der Waals surface area contributed by atoms with Crippen LogP contribution in [0.15, 0.2) is 0 Å². The van der Waals surface area contributed by atoms with Crippen molar-refractivity contribution >= 4 is 5.91 Å². The molecule has 0 aromatic carbocycles. The van der Waals surface area contributed by atoms with Crippen LogP contribution in [-0.2, 0) is 4.79 Å². The SMILES string of the molecule is CCC1(C(=O)NCC2CCC2)CCCN1. The lowest BCUT2D eigenvalue weighted by Gasteiger charge is -2.30. The van der Waals surface area contributed by atoms with Crippen LogP contribution in [0.4, 0.5) is 0 Å². The van der Waals surface area contributed by atoms with E-state index in [1.807, 2.05) is 0 Å². The van der Waals surface area contributed by atoms with Gasteiger partial charge in [-0.25, -0.2) is 0 Å². The summed E-state index contributed by atoms with van der Waals surface area (Å²) in [6.07, 6.45) is 6.98. The molecule has 1 aliphatic heterocycles. The van der Waals surface area contributed by atoms with E-state index in [0.29, 0.717) is 0 Å². The van der Waals surface area contributed by atoms with Crippen molar-refractivity contribution in [3.63, 3.8) is 0 Å². The molecule has 0 aromatic rings. The number of hydrogen-bond acceptors (Lipinski definition) is 2. The Hall–Kier alpha value is -0.570. The number of hydrogen-bond donors (Lipinski definition) is 2.